The Morgan fingerprint density at radius 2 is 1.96 bits per heavy atom. The maximum absolute atomic E-state index is 12.9. The average molecular weight is 337 g/mol. The van der Waals surface area contributed by atoms with E-state index in [4.69, 9.17) is 9.15 Å². The van der Waals surface area contributed by atoms with E-state index in [9.17, 15) is 4.79 Å². The molecule has 1 aliphatic rings. The Bertz CT molecular complexity index is 748. The van der Waals surface area contributed by atoms with Gasteiger partial charge in [0.05, 0.1) is 6.54 Å². The molecule has 0 radical (unpaired) electrons. The highest BCUT2D eigenvalue weighted by molar-refractivity contribution is 5.92. The summed E-state index contributed by atoms with van der Waals surface area (Å²) in [5.41, 5.74) is 0.960. The Kier molecular flexibility index (Phi) is 5.92. The summed E-state index contributed by atoms with van der Waals surface area (Å²) >= 11 is 0. The van der Waals surface area contributed by atoms with Crippen molar-refractivity contribution < 1.29 is 13.9 Å². The first-order valence-corrected chi connectivity index (χ1v) is 8.70. The molecule has 1 heterocycles. The van der Waals surface area contributed by atoms with Gasteiger partial charge in [-0.05, 0) is 37.1 Å². The van der Waals surface area contributed by atoms with Crippen molar-refractivity contribution in [2.75, 3.05) is 13.7 Å². The first kappa shape index (κ1) is 17.3. The minimum absolute atomic E-state index is 0.0865. The van der Waals surface area contributed by atoms with Gasteiger partial charge in [-0.25, -0.2) is 0 Å². The van der Waals surface area contributed by atoms with Gasteiger partial charge in [-0.3, -0.25) is 4.79 Å². The van der Waals surface area contributed by atoms with E-state index in [1.54, 1.807) is 19.2 Å². The van der Waals surface area contributed by atoms with Crippen molar-refractivity contribution in [1.29, 1.82) is 0 Å². The van der Waals surface area contributed by atoms with E-state index >= 15 is 0 Å². The third kappa shape index (κ3) is 4.52. The lowest BCUT2D eigenvalue weighted by atomic mass is 10.2. The second kappa shape index (κ2) is 8.55. The fourth-order valence-corrected chi connectivity index (χ4v) is 3.19. The minimum atomic E-state index is -0.0865. The van der Waals surface area contributed by atoms with E-state index in [0.717, 1.165) is 31.2 Å². The Morgan fingerprint density at radius 3 is 2.68 bits per heavy atom. The van der Waals surface area contributed by atoms with Gasteiger partial charge in [0.15, 0.2) is 5.76 Å². The summed E-state index contributed by atoms with van der Waals surface area (Å²) in [6.45, 7) is 0.781. The Balaban J connectivity index is 1.74. The first-order chi connectivity index (χ1) is 12.3. The van der Waals surface area contributed by atoms with Crippen molar-refractivity contribution in [2.45, 2.75) is 38.3 Å². The van der Waals surface area contributed by atoms with Crippen LogP contribution in [0.1, 0.15) is 47.6 Å². The van der Waals surface area contributed by atoms with Crippen molar-refractivity contribution in [3.63, 3.8) is 0 Å². The maximum Gasteiger partial charge on any atom is 0.290 e. The molecule has 0 atom stereocenters. The number of hydrogen-bond donors (Lipinski definition) is 0. The van der Waals surface area contributed by atoms with E-state index in [2.05, 4.69) is 11.8 Å². The number of carbonyl (C=O) groups excluding carboxylic acids is 1. The van der Waals surface area contributed by atoms with Gasteiger partial charge < -0.3 is 14.1 Å². The largest absolute Gasteiger partial charge is 0.453 e. The molecular formula is C21H23NO3. The fraction of sp³-hybridized carbons (Fsp3) is 0.381. The lowest BCUT2D eigenvalue weighted by molar-refractivity contribution is 0.0670. The van der Waals surface area contributed by atoms with E-state index in [-0.39, 0.29) is 11.9 Å². The molecule has 130 valence electrons. The van der Waals surface area contributed by atoms with Crippen LogP contribution in [0.2, 0.25) is 0 Å². The highest BCUT2D eigenvalue weighted by Gasteiger charge is 2.28. The van der Waals surface area contributed by atoms with Crippen molar-refractivity contribution in [3.8, 4) is 11.8 Å². The normalized spacial score (nSPS) is 14.1. The van der Waals surface area contributed by atoms with E-state index in [0.29, 0.717) is 24.7 Å². The van der Waals surface area contributed by atoms with Gasteiger partial charge in [0.1, 0.15) is 12.4 Å². The summed E-state index contributed by atoms with van der Waals surface area (Å²) in [5, 5.41) is 0. The van der Waals surface area contributed by atoms with Gasteiger partial charge in [-0.2, -0.15) is 0 Å². The molecule has 1 aromatic carbocycles. The molecule has 1 saturated carbocycles. The number of nitrogens with zero attached hydrogens (tertiary/aromatic N) is 1. The smallest absolute Gasteiger partial charge is 0.290 e. The number of carbonyl (C=O) groups is 1. The quantitative estimate of drug-likeness (QED) is 0.778. The monoisotopic (exact) mass is 337 g/mol. The summed E-state index contributed by atoms with van der Waals surface area (Å²) in [6.07, 6.45) is 4.38. The zero-order valence-corrected chi connectivity index (χ0v) is 14.5. The van der Waals surface area contributed by atoms with Crippen LogP contribution in [0.4, 0.5) is 0 Å². The summed E-state index contributed by atoms with van der Waals surface area (Å²) in [5.74, 6) is 7.22. The predicted molar refractivity (Wildman–Crippen MR) is 96.0 cm³/mol. The van der Waals surface area contributed by atoms with Crippen molar-refractivity contribution >= 4 is 5.91 Å². The van der Waals surface area contributed by atoms with Gasteiger partial charge in [-0.15, -0.1) is 0 Å². The molecule has 4 nitrogen and oxygen atoms in total. The third-order valence-electron chi connectivity index (χ3n) is 4.44. The standard InChI is InChI=1S/C21H23NO3/c1-24-16-19-13-14-20(25-19)21(23)22(18-11-5-6-12-18)15-7-10-17-8-3-2-4-9-17/h2-4,8-9,13-14,18H,5-6,11-12,15-16H2,1H3. The van der Waals surface area contributed by atoms with E-state index in [1.165, 1.54) is 0 Å². The number of methoxy groups -OCH3 is 1. The molecule has 0 N–H and O–H groups in total. The molecule has 0 unspecified atom stereocenters. The summed E-state index contributed by atoms with van der Waals surface area (Å²) < 4.78 is 10.7. The van der Waals surface area contributed by atoms with Crippen molar-refractivity contribution in [3.05, 3.63) is 59.5 Å². The molecule has 1 amide bonds. The topological polar surface area (TPSA) is 42.7 Å². The highest BCUT2D eigenvalue weighted by atomic mass is 16.5. The Labute approximate surface area is 148 Å². The van der Waals surface area contributed by atoms with Crippen LogP contribution in [0.15, 0.2) is 46.9 Å². The van der Waals surface area contributed by atoms with Gasteiger partial charge in [0.25, 0.3) is 5.91 Å². The molecule has 25 heavy (non-hydrogen) atoms. The molecule has 2 aromatic rings. The lowest BCUT2D eigenvalue weighted by Crippen LogP contribution is -2.39. The molecule has 0 saturated heterocycles. The van der Waals surface area contributed by atoms with Gasteiger partial charge in [-0.1, -0.05) is 42.9 Å². The van der Waals surface area contributed by atoms with Crippen LogP contribution < -0.4 is 0 Å². The molecule has 4 heteroatoms. The molecule has 0 bridgehead atoms. The van der Waals surface area contributed by atoms with Crippen LogP contribution in [-0.2, 0) is 11.3 Å². The second-order valence-corrected chi connectivity index (χ2v) is 6.24. The number of rotatable bonds is 5. The van der Waals surface area contributed by atoms with Crippen LogP contribution in [0, 0.1) is 11.8 Å². The van der Waals surface area contributed by atoms with Crippen LogP contribution >= 0.6 is 0 Å². The number of amides is 1. The molecule has 1 aliphatic carbocycles. The number of furan rings is 1. The maximum atomic E-state index is 12.9. The lowest BCUT2D eigenvalue weighted by Gasteiger charge is -2.26. The van der Waals surface area contributed by atoms with Crippen LogP contribution in [0.25, 0.3) is 0 Å². The van der Waals surface area contributed by atoms with E-state index < -0.39 is 0 Å². The Morgan fingerprint density at radius 1 is 1.20 bits per heavy atom. The molecule has 0 aliphatic heterocycles. The van der Waals surface area contributed by atoms with Gasteiger partial charge in [0.2, 0.25) is 0 Å². The summed E-state index contributed by atoms with van der Waals surface area (Å²) in [6, 6.07) is 13.6. The number of ether oxygens (including phenoxy) is 1. The highest BCUT2D eigenvalue weighted by Crippen LogP contribution is 2.25. The van der Waals surface area contributed by atoms with Crippen LogP contribution in [0.5, 0.6) is 0 Å². The molecule has 0 spiro atoms. The van der Waals surface area contributed by atoms with Crippen LogP contribution in [-0.4, -0.2) is 30.5 Å². The van der Waals surface area contributed by atoms with Gasteiger partial charge in [0, 0.05) is 18.7 Å². The zero-order chi connectivity index (χ0) is 17.5. The van der Waals surface area contributed by atoms with Crippen LogP contribution in [0.3, 0.4) is 0 Å². The molecule has 1 aromatic heterocycles. The SMILES string of the molecule is COCc1ccc(C(=O)N(CC#Cc2ccccc2)C2CCCC2)o1. The molecule has 1 fully saturated rings. The average Bonchev–Trinajstić information content (AvgIpc) is 3.31. The van der Waals surface area contributed by atoms with E-state index in [1.807, 2.05) is 35.2 Å². The third-order valence-corrected chi connectivity index (χ3v) is 4.44. The van der Waals surface area contributed by atoms with Gasteiger partial charge >= 0.3 is 0 Å². The summed E-state index contributed by atoms with van der Waals surface area (Å²) in [4.78, 5) is 14.8. The minimum Gasteiger partial charge on any atom is -0.453 e. The predicted octanol–water partition coefficient (Wildman–Crippen LogP) is 3.86. The molecular weight excluding hydrogens is 314 g/mol. The summed E-state index contributed by atoms with van der Waals surface area (Å²) in [7, 11) is 1.61. The first-order valence-electron chi connectivity index (χ1n) is 8.70. The number of hydrogen-bond acceptors (Lipinski definition) is 3. The van der Waals surface area contributed by atoms with Crippen molar-refractivity contribution in [1.82, 2.24) is 4.90 Å². The zero-order valence-electron chi connectivity index (χ0n) is 14.5. The van der Waals surface area contributed by atoms with Crippen molar-refractivity contribution in [2.24, 2.45) is 0 Å². The molecule has 3 rings (SSSR count). The fourth-order valence-electron chi connectivity index (χ4n) is 3.19. The Hall–Kier alpha value is -2.51. The number of benzene rings is 1. The second-order valence-electron chi connectivity index (χ2n) is 6.24.